The zero-order chi connectivity index (χ0) is 14.7. The minimum atomic E-state index is -0.0633. The third kappa shape index (κ3) is 2.99. The van der Waals surface area contributed by atoms with Crippen LogP contribution >= 0.6 is 0 Å². The summed E-state index contributed by atoms with van der Waals surface area (Å²) in [7, 11) is 0. The lowest BCUT2D eigenvalue weighted by molar-refractivity contribution is -0.123. The van der Waals surface area contributed by atoms with Gasteiger partial charge in [-0.1, -0.05) is 25.1 Å². The molecular formula is C17H20N2O2. The molecule has 0 aliphatic carbocycles. The van der Waals surface area contributed by atoms with Gasteiger partial charge < -0.3 is 9.30 Å². The predicted octanol–water partition coefficient (Wildman–Crippen LogP) is 2.66. The summed E-state index contributed by atoms with van der Waals surface area (Å²) in [4.78, 5) is 16.8. The van der Waals surface area contributed by atoms with Crippen molar-refractivity contribution in [1.29, 1.82) is 0 Å². The number of fused-ring (bicyclic) bond motifs is 1. The molecule has 3 rings (SSSR count). The molecule has 0 N–H and O–H groups in total. The molecule has 1 aromatic heterocycles. The van der Waals surface area contributed by atoms with Crippen LogP contribution in [0.3, 0.4) is 0 Å². The first-order chi connectivity index (χ1) is 10.3. The largest absolute Gasteiger partial charge is 0.493 e. The number of rotatable bonds is 5. The second-order valence-corrected chi connectivity index (χ2v) is 5.50. The van der Waals surface area contributed by atoms with Gasteiger partial charge in [-0.3, -0.25) is 4.79 Å². The average Bonchev–Trinajstić information content (AvgIpc) is 2.94. The Morgan fingerprint density at radius 3 is 3.14 bits per heavy atom. The number of imidazole rings is 1. The van der Waals surface area contributed by atoms with Crippen LogP contribution in [-0.2, 0) is 24.2 Å². The molecule has 0 bridgehead atoms. The highest BCUT2D eigenvalue weighted by Gasteiger charge is 2.26. The van der Waals surface area contributed by atoms with E-state index in [1.54, 1.807) is 6.20 Å². The number of carbonyl (C=O) groups excluding carboxylic acids is 1. The minimum Gasteiger partial charge on any atom is -0.493 e. The fourth-order valence-electron chi connectivity index (χ4n) is 2.79. The lowest BCUT2D eigenvalue weighted by atomic mass is 9.91. The second-order valence-electron chi connectivity index (χ2n) is 5.50. The predicted molar refractivity (Wildman–Crippen MR) is 80.4 cm³/mol. The van der Waals surface area contributed by atoms with Crippen LogP contribution in [0.5, 0.6) is 5.75 Å². The van der Waals surface area contributed by atoms with Crippen LogP contribution in [-0.4, -0.2) is 21.9 Å². The maximum atomic E-state index is 12.5. The van der Waals surface area contributed by atoms with E-state index in [0.29, 0.717) is 13.0 Å². The number of hydrogen-bond donors (Lipinski definition) is 0. The fraction of sp³-hybridized carbons (Fsp3) is 0.412. The summed E-state index contributed by atoms with van der Waals surface area (Å²) in [6, 6.07) is 7.95. The summed E-state index contributed by atoms with van der Waals surface area (Å²) in [6.45, 7) is 3.51. The number of Topliss-reactive ketones (excluding diaryl/α,β-unsaturated/α-hetero) is 1. The van der Waals surface area contributed by atoms with Gasteiger partial charge in [0.15, 0.2) is 0 Å². The van der Waals surface area contributed by atoms with Crippen molar-refractivity contribution in [2.24, 2.45) is 5.92 Å². The normalized spacial score (nSPS) is 17.1. The summed E-state index contributed by atoms with van der Waals surface area (Å²) in [6.07, 6.45) is 5.91. The summed E-state index contributed by atoms with van der Waals surface area (Å²) >= 11 is 0. The van der Waals surface area contributed by atoms with Gasteiger partial charge >= 0.3 is 0 Å². The first kappa shape index (κ1) is 13.9. The summed E-state index contributed by atoms with van der Waals surface area (Å²) in [5, 5.41) is 0. The Morgan fingerprint density at radius 1 is 1.43 bits per heavy atom. The fourth-order valence-corrected chi connectivity index (χ4v) is 2.79. The van der Waals surface area contributed by atoms with E-state index in [2.05, 4.69) is 16.5 Å². The summed E-state index contributed by atoms with van der Waals surface area (Å²) in [5.41, 5.74) is 1.12. The molecule has 0 saturated carbocycles. The number of aromatic nitrogens is 2. The molecule has 0 fully saturated rings. The van der Waals surface area contributed by atoms with Gasteiger partial charge in [0.25, 0.3) is 0 Å². The third-order valence-electron chi connectivity index (χ3n) is 3.93. The zero-order valence-electron chi connectivity index (χ0n) is 12.3. The molecular weight excluding hydrogens is 264 g/mol. The van der Waals surface area contributed by atoms with Crippen LogP contribution in [0, 0.1) is 5.92 Å². The van der Waals surface area contributed by atoms with Crippen LogP contribution < -0.4 is 4.74 Å². The molecule has 0 saturated heterocycles. The molecule has 1 aliphatic rings. The quantitative estimate of drug-likeness (QED) is 0.848. The number of ketones is 1. The first-order valence-corrected chi connectivity index (χ1v) is 7.51. The Hall–Kier alpha value is -2.10. The Balaban J connectivity index is 1.68. The molecule has 0 amide bonds. The molecule has 0 radical (unpaired) electrons. The van der Waals surface area contributed by atoms with Gasteiger partial charge in [0.2, 0.25) is 0 Å². The molecule has 21 heavy (non-hydrogen) atoms. The van der Waals surface area contributed by atoms with Crippen molar-refractivity contribution in [2.75, 3.05) is 6.61 Å². The lowest BCUT2D eigenvalue weighted by Crippen LogP contribution is -2.30. The van der Waals surface area contributed by atoms with Gasteiger partial charge in [-0.05, 0) is 24.5 Å². The van der Waals surface area contributed by atoms with E-state index in [-0.39, 0.29) is 11.7 Å². The second kappa shape index (κ2) is 6.12. The molecule has 2 heterocycles. The van der Waals surface area contributed by atoms with Crippen LogP contribution in [0.4, 0.5) is 0 Å². The molecule has 4 nitrogen and oxygen atoms in total. The first-order valence-electron chi connectivity index (χ1n) is 7.51. The molecule has 2 aromatic rings. The lowest BCUT2D eigenvalue weighted by Gasteiger charge is -2.24. The number of carbonyl (C=O) groups is 1. The molecule has 1 atom stereocenters. The maximum absolute atomic E-state index is 12.5. The molecule has 110 valence electrons. The topological polar surface area (TPSA) is 44.1 Å². The zero-order valence-corrected chi connectivity index (χ0v) is 12.3. The number of ether oxygens (including phenoxy) is 1. The van der Waals surface area contributed by atoms with Crippen LogP contribution in [0.1, 0.15) is 24.7 Å². The molecule has 1 aromatic carbocycles. The standard InChI is InChI=1S/C17H20N2O2/c1-2-8-19-9-7-18-17(19)11-15(20)14-10-13-5-3-4-6-16(13)21-12-14/h3-7,9,14H,2,8,10-12H2,1H3. The summed E-state index contributed by atoms with van der Waals surface area (Å²) in [5.74, 6) is 1.93. The van der Waals surface area contributed by atoms with Crippen molar-refractivity contribution in [3.8, 4) is 5.75 Å². The Morgan fingerprint density at radius 2 is 2.29 bits per heavy atom. The number of nitrogens with zero attached hydrogens (tertiary/aromatic N) is 2. The molecule has 1 unspecified atom stereocenters. The third-order valence-corrected chi connectivity index (χ3v) is 3.93. The average molecular weight is 284 g/mol. The SMILES string of the molecule is CCCn1ccnc1CC(=O)C1COc2ccccc2C1. The van der Waals surface area contributed by atoms with Gasteiger partial charge in [0.1, 0.15) is 17.4 Å². The van der Waals surface area contributed by atoms with E-state index < -0.39 is 0 Å². The molecule has 4 heteroatoms. The van der Waals surface area contributed by atoms with E-state index >= 15 is 0 Å². The number of para-hydroxylation sites is 1. The monoisotopic (exact) mass is 284 g/mol. The highest BCUT2D eigenvalue weighted by Crippen LogP contribution is 2.27. The highest BCUT2D eigenvalue weighted by molar-refractivity contribution is 5.83. The molecule has 1 aliphatic heterocycles. The van der Waals surface area contributed by atoms with Crippen molar-refractivity contribution in [3.63, 3.8) is 0 Å². The van der Waals surface area contributed by atoms with Crippen molar-refractivity contribution >= 4 is 5.78 Å². The maximum Gasteiger partial charge on any atom is 0.147 e. The van der Waals surface area contributed by atoms with Crippen molar-refractivity contribution < 1.29 is 9.53 Å². The van der Waals surface area contributed by atoms with Crippen LogP contribution in [0.2, 0.25) is 0 Å². The van der Waals surface area contributed by atoms with E-state index in [1.165, 1.54) is 0 Å². The van der Waals surface area contributed by atoms with Crippen molar-refractivity contribution in [2.45, 2.75) is 32.7 Å². The van der Waals surface area contributed by atoms with Crippen molar-refractivity contribution in [1.82, 2.24) is 9.55 Å². The van der Waals surface area contributed by atoms with E-state index in [0.717, 1.165) is 36.5 Å². The minimum absolute atomic E-state index is 0.0633. The summed E-state index contributed by atoms with van der Waals surface area (Å²) < 4.78 is 7.77. The Bertz CT molecular complexity index is 633. The van der Waals surface area contributed by atoms with E-state index in [9.17, 15) is 4.79 Å². The van der Waals surface area contributed by atoms with Crippen LogP contribution in [0.15, 0.2) is 36.7 Å². The van der Waals surface area contributed by atoms with Crippen molar-refractivity contribution in [3.05, 3.63) is 48.0 Å². The number of aryl methyl sites for hydroxylation is 1. The van der Waals surface area contributed by atoms with E-state index in [4.69, 9.17) is 4.74 Å². The smallest absolute Gasteiger partial charge is 0.147 e. The van der Waals surface area contributed by atoms with Gasteiger partial charge in [0.05, 0.1) is 18.9 Å². The van der Waals surface area contributed by atoms with Gasteiger partial charge in [-0.15, -0.1) is 0 Å². The highest BCUT2D eigenvalue weighted by atomic mass is 16.5. The Labute approximate surface area is 124 Å². The number of benzene rings is 1. The molecule has 0 spiro atoms. The Kier molecular flexibility index (Phi) is 4.04. The van der Waals surface area contributed by atoms with Gasteiger partial charge in [-0.2, -0.15) is 0 Å². The number of hydrogen-bond acceptors (Lipinski definition) is 3. The van der Waals surface area contributed by atoms with Crippen LogP contribution in [0.25, 0.3) is 0 Å². The van der Waals surface area contributed by atoms with Gasteiger partial charge in [-0.25, -0.2) is 4.98 Å². The van der Waals surface area contributed by atoms with Gasteiger partial charge in [0, 0.05) is 18.9 Å². The van der Waals surface area contributed by atoms with E-state index in [1.807, 2.05) is 30.5 Å².